The van der Waals surface area contributed by atoms with Gasteiger partial charge in [0.25, 0.3) is 11.8 Å². The molecule has 2 aromatic rings. The molecular formula is C21H27N3O3. The van der Waals surface area contributed by atoms with Crippen molar-refractivity contribution in [3.05, 3.63) is 41.7 Å². The Hall–Kier alpha value is -2.63. The average molecular weight is 369 g/mol. The van der Waals surface area contributed by atoms with Gasteiger partial charge < -0.3 is 14.6 Å². The summed E-state index contributed by atoms with van der Waals surface area (Å²) in [6.45, 7) is 4.71. The Balaban J connectivity index is 1.42. The molecule has 0 atom stereocenters. The lowest BCUT2D eigenvalue weighted by Crippen LogP contribution is -2.29. The molecule has 0 aliphatic heterocycles. The van der Waals surface area contributed by atoms with Crippen LogP contribution in [0.15, 0.2) is 40.4 Å². The van der Waals surface area contributed by atoms with Crippen LogP contribution in [0.5, 0.6) is 5.75 Å². The van der Waals surface area contributed by atoms with Crippen molar-refractivity contribution >= 4 is 5.91 Å². The fourth-order valence-corrected chi connectivity index (χ4v) is 2.97. The van der Waals surface area contributed by atoms with Crippen molar-refractivity contribution in [1.29, 1.82) is 0 Å². The van der Waals surface area contributed by atoms with Crippen LogP contribution in [0.4, 0.5) is 0 Å². The smallest absolute Gasteiger partial charge is 0.257 e. The molecule has 1 aliphatic rings. The largest absolute Gasteiger partial charge is 0.484 e. The second-order valence-corrected chi connectivity index (χ2v) is 7.13. The van der Waals surface area contributed by atoms with Crippen molar-refractivity contribution in [2.24, 2.45) is 0 Å². The highest BCUT2D eigenvalue weighted by atomic mass is 16.5. The molecule has 1 heterocycles. The molecular weight excluding hydrogens is 342 g/mol. The quantitative estimate of drug-likeness (QED) is 0.704. The van der Waals surface area contributed by atoms with Crippen molar-refractivity contribution in [1.82, 2.24) is 15.5 Å². The third-order valence-electron chi connectivity index (χ3n) is 4.58. The van der Waals surface area contributed by atoms with E-state index in [0.717, 1.165) is 18.4 Å². The molecule has 1 aromatic carbocycles. The first kappa shape index (κ1) is 19.1. The number of benzene rings is 1. The molecule has 0 saturated carbocycles. The van der Waals surface area contributed by atoms with Gasteiger partial charge in [-0.1, -0.05) is 30.7 Å². The highest BCUT2D eigenvalue weighted by molar-refractivity contribution is 5.77. The van der Waals surface area contributed by atoms with E-state index in [0.29, 0.717) is 24.0 Å². The molecule has 6 heteroatoms. The van der Waals surface area contributed by atoms with E-state index in [4.69, 9.17) is 9.26 Å². The number of hydrogen-bond acceptors (Lipinski definition) is 5. The predicted molar refractivity (Wildman–Crippen MR) is 103 cm³/mol. The third kappa shape index (κ3) is 5.67. The summed E-state index contributed by atoms with van der Waals surface area (Å²) in [5.74, 6) is 1.92. The van der Waals surface area contributed by atoms with Crippen LogP contribution in [0.1, 0.15) is 57.7 Å². The molecule has 1 aromatic heterocycles. The number of nitrogens with one attached hydrogen (secondary N) is 1. The lowest BCUT2D eigenvalue weighted by molar-refractivity contribution is -0.123. The van der Waals surface area contributed by atoms with Gasteiger partial charge in [0.15, 0.2) is 12.4 Å². The van der Waals surface area contributed by atoms with Crippen molar-refractivity contribution in [2.45, 2.75) is 51.9 Å². The minimum Gasteiger partial charge on any atom is -0.484 e. The van der Waals surface area contributed by atoms with E-state index in [2.05, 4.69) is 21.5 Å². The molecule has 6 nitrogen and oxygen atoms in total. The number of nitrogens with zero attached hydrogens (tertiary/aromatic N) is 2. The maximum atomic E-state index is 11.9. The van der Waals surface area contributed by atoms with Gasteiger partial charge in [-0.3, -0.25) is 4.79 Å². The van der Waals surface area contributed by atoms with Crippen LogP contribution in [0.3, 0.4) is 0 Å². The number of aromatic nitrogens is 2. The first-order valence-electron chi connectivity index (χ1n) is 9.63. The second kappa shape index (κ2) is 9.35. The SMILES string of the molecule is CC(C)c1noc(-c2ccc(OCC(=O)NCCC3=CCCCC3)cc2)n1. The fraction of sp³-hybridized carbons (Fsp3) is 0.476. The van der Waals surface area contributed by atoms with E-state index < -0.39 is 0 Å². The first-order chi connectivity index (χ1) is 13.1. The average Bonchev–Trinajstić information content (AvgIpc) is 3.18. The van der Waals surface area contributed by atoms with Crippen LogP contribution in [0, 0.1) is 0 Å². The van der Waals surface area contributed by atoms with E-state index in [-0.39, 0.29) is 18.4 Å². The number of carbonyl (C=O) groups excluding carboxylic acids is 1. The summed E-state index contributed by atoms with van der Waals surface area (Å²) in [7, 11) is 0. The lowest BCUT2D eigenvalue weighted by atomic mass is 9.97. The van der Waals surface area contributed by atoms with Crippen molar-refractivity contribution < 1.29 is 14.1 Å². The molecule has 0 saturated heterocycles. The molecule has 1 aliphatic carbocycles. The molecule has 144 valence electrons. The number of hydrogen-bond donors (Lipinski definition) is 1. The Morgan fingerprint density at radius 3 is 2.74 bits per heavy atom. The van der Waals surface area contributed by atoms with Gasteiger partial charge >= 0.3 is 0 Å². The van der Waals surface area contributed by atoms with Gasteiger partial charge in [-0.15, -0.1) is 0 Å². The Morgan fingerprint density at radius 1 is 1.26 bits per heavy atom. The zero-order valence-electron chi connectivity index (χ0n) is 16.0. The zero-order chi connectivity index (χ0) is 19.1. The van der Waals surface area contributed by atoms with Gasteiger partial charge in [0, 0.05) is 18.0 Å². The molecule has 0 fully saturated rings. The monoisotopic (exact) mass is 369 g/mol. The Labute approximate surface area is 160 Å². The van der Waals surface area contributed by atoms with Crippen LogP contribution in [-0.2, 0) is 4.79 Å². The van der Waals surface area contributed by atoms with Crippen molar-refractivity contribution in [3.8, 4) is 17.2 Å². The van der Waals surface area contributed by atoms with Gasteiger partial charge in [0.05, 0.1) is 0 Å². The summed E-state index contributed by atoms with van der Waals surface area (Å²) < 4.78 is 10.8. The minimum absolute atomic E-state index is 0.0104. The van der Waals surface area contributed by atoms with E-state index in [1.807, 2.05) is 26.0 Å². The maximum absolute atomic E-state index is 11.9. The molecule has 0 spiro atoms. The summed E-state index contributed by atoms with van der Waals surface area (Å²) >= 11 is 0. The summed E-state index contributed by atoms with van der Waals surface area (Å²) in [5.41, 5.74) is 2.28. The first-order valence-corrected chi connectivity index (χ1v) is 9.63. The Bertz CT molecular complexity index is 778. The summed E-state index contributed by atoms with van der Waals surface area (Å²) in [6.07, 6.45) is 8.13. The number of carbonyl (C=O) groups is 1. The molecule has 1 amide bonds. The molecule has 27 heavy (non-hydrogen) atoms. The minimum atomic E-state index is -0.103. The second-order valence-electron chi connectivity index (χ2n) is 7.13. The number of ether oxygens (including phenoxy) is 1. The van der Waals surface area contributed by atoms with Gasteiger partial charge in [-0.25, -0.2) is 0 Å². The van der Waals surface area contributed by atoms with Crippen LogP contribution < -0.4 is 10.1 Å². The number of amides is 1. The summed E-state index contributed by atoms with van der Waals surface area (Å²) in [5, 5.41) is 6.87. The van der Waals surface area contributed by atoms with E-state index in [9.17, 15) is 4.79 Å². The standard InChI is InChI=1S/C21H27N3O3/c1-15(2)20-23-21(27-24-20)17-8-10-18(11-9-17)26-14-19(25)22-13-12-16-6-4-3-5-7-16/h6,8-11,15H,3-5,7,12-14H2,1-2H3,(H,22,25). The van der Waals surface area contributed by atoms with Gasteiger partial charge in [-0.2, -0.15) is 4.98 Å². The Morgan fingerprint density at radius 2 is 2.07 bits per heavy atom. The van der Waals surface area contributed by atoms with Crippen molar-refractivity contribution in [3.63, 3.8) is 0 Å². The number of rotatable bonds is 8. The molecule has 0 bridgehead atoms. The third-order valence-corrected chi connectivity index (χ3v) is 4.58. The number of allylic oxidation sites excluding steroid dienone is 1. The van der Waals surface area contributed by atoms with Crippen LogP contribution in [0.25, 0.3) is 11.5 Å². The molecule has 0 radical (unpaired) electrons. The van der Waals surface area contributed by atoms with Gasteiger partial charge in [-0.05, 0) is 56.4 Å². The lowest BCUT2D eigenvalue weighted by Gasteiger charge is -2.13. The van der Waals surface area contributed by atoms with Crippen LogP contribution >= 0.6 is 0 Å². The zero-order valence-corrected chi connectivity index (χ0v) is 16.0. The molecule has 0 unspecified atom stereocenters. The van der Waals surface area contributed by atoms with Gasteiger partial charge in [0.2, 0.25) is 0 Å². The summed E-state index contributed by atoms with van der Waals surface area (Å²) in [6, 6.07) is 7.30. The molecule has 3 rings (SSSR count). The summed E-state index contributed by atoms with van der Waals surface area (Å²) in [4.78, 5) is 16.3. The maximum Gasteiger partial charge on any atom is 0.257 e. The van der Waals surface area contributed by atoms with E-state index in [1.54, 1.807) is 12.1 Å². The van der Waals surface area contributed by atoms with E-state index in [1.165, 1.54) is 24.8 Å². The van der Waals surface area contributed by atoms with Crippen molar-refractivity contribution in [2.75, 3.05) is 13.2 Å². The van der Waals surface area contributed by atoms with Crippen LogP contribution in [0.2, 0.25) is 0 Å². The predicted octanol–water partition coefficient (Wildman–Crippen LogP) is 4.25. The van der Waals surface area contributed by atoms with Crippen LogP contribution in [-0.4, -0.2) is 29.2 Å². The topological polar surface area (TPSA) is 77.2 Å². The fourth-order valence-electron chi connectivity index (χ4n) is 2.97. The highest BCUT2D eigenvalue weighted by Gasteiger charge is 2.12. The Kier molecular flexibility index (Phi) is 6.63. The normalized spacial score (nSPS) is 14.1. The van der Waals surface area contributed by atoms with Gasteiger partial charge in [0.1, 0.15) is 5.75 Å². The highest BCUT2D eigenvalue weighted by Crippen LogP contribution is 2.22. The molecule has 1 N–H and O–H groups in total. The van der Waals surface area contributed by atoms with E-state index >= 15 is 0 Å².